The van der Waals surface area contributed by atoms with Crippen molar-refractivity contribution in [2.75, 3.05) is 13.7 Å². The van der Waals surface area contributed by atoms with E-state index in [0.29, 0.717) is 0 Å². The van der Waals surface area contributed by atoms with Gasteiger partial charge in [-0.2, -0.15) is 0 Å². The molecule has 4 nitrogen and oxygen atoms in total. The molecule has 0 radical (unpaired) electrons. The average molecular weight is 301 g/mol. The highest BCUT2D eigenvalue weighted by molar-refractivity contribution is 9.10. The van der Waals surface area contributed by atoms with Gasteiger partial charge in [0.25, 0.3) is 5.91 Å². The molecule has 3 N–H and O–H groups in total. The Morgan fingerprint density at radius 1 is 1.59 bits per heavy atom. The Hall–Kier alpha value is -0.910. The summed E-state index contributed by atoms with van der Waals surface area (Å²) < 4.78 is 5.96. The van der Waals surface area contributed by atoms with Gasteiger partial charge in [-0.1, -0.05) is 28.1 Å². The van der Waals surface area contributed by atoms with Crippen molar-refractivity contribution in [1.29, 1.82) is 0 Å². The number of hydrogen-bond acceptors (Lipinski definition) is 3. The molecule has 5 heteroatoms. The van der Waals surface area contributed by atoms with Crippen LogP contribution < -0.4 is 11.1 Å². The van der Waals surface area contributed by atoms with Crippen LogP contribution in [0, 0.1) is 0 Å². The van der Waals surface area contributed by atoms with E-state index in [1.54, 1.807) is 0 Å². The summed E-state index contributed by atoms with van der Waals surface area (Å²) in [7, 11) is 1.47. The van der Waals surface area contributed by atoms with Crippen LogP contribution in [0.25, 0.3) is 0 Å². The van der Waals surface area contributed by atoms with E-state index in [2.05, 4.69) is 21.2 Å². The molecule has 1 aromatic rings. The third kappa shape index (κ3) is 4.11. The summed E-state index contributed by atoms with van der Waals surface area (Å²) in [5.41, 5.74) is 6.46. The van der Waals surface area contributed by atoms with E-state index in [0.717, 1.165) is 10.0 Å². The molecule has 0 bridgehead atoms. The molecule has 0 spiro atoms. The molecule has 0 aliphatic rings. The molecule has 94 valence electrons. The van der Waals surface area contributed by atoms with Gasteiger partial charge in [0.05, 0.1) is 6.04 Å². The fourth-order valence-electron chi connectivity index (χ4n) is 1.48. The minimum Gasteiger partial charge on any atom is -0.370 e. The molecule has 0 aliphatic heterocycles. The monoisotopic (exact) mass is 300 g/mol. The van der Waals surface area contributed by atoms with E-state index in [4.69, 9.17) is 10.5 Å². The molecule has 1 unspecified atom stereocenters. The maximum Gasteiger partial charge on any atom is 0.250 e. The molecule has 0 aliphatic carbocycles. The minimum atomic E-state index is -0.593. The zero-order chi connectivity index (χ0) is 12.8. The summed E-state index contributed by atoms with van der Waals surface area (Å²) in [5, 5.41) is 2.86. The normalized spacial score (nSPS) is 14.1. The summed E-state index contributed by atoms with van der Waals surface area (Å²) in [5.74, 6) is -0.192. The second-order valence-electron chi connectivity index (χ2n) is 3.75. The second kappa shape index (κ2) is 6.74. The number of hydrogen-bond donors (Lipinski definition) is 2. The fourth-order valence-corrected chi connectivity index (χ4v) is 1.89. The van der Waals surface area contributed by atoms with Crippen LogP contribution in [-0.4, -0.2) is 25.7 Å². The molecule has 0 saturated carbocycles. The van der Waals surface area contributed by atoms with E-state index in [-0.39, 0.29) is 18.5 Å². The quantitative estimate of drug-likeness (QED) is 0.868. The van der Waals surface area contributed by atoms with Gasteiger partial charge in [-0.3, -0.25) is 4.79 Å². The number of nitrogens with one attached hydrogen (secondary N) is 1. The van der Waals surface area contributed by atoms with Crippen LogP contribution in [0.5, 0.6) is 0 Å². The average Bonchev–Trinajstić information content (AvgIpc) is 2.30. The largest absolute Gasteiger partial charge is 0.370 e. The summed E-state index contributed by atoms with van der Waals surface area (Å²) in [6.45, 7) is 2.09. The van der Waals surface area contributed by atoms with Crippen LogP contribution in [0.15, 0.2) is 28.7 Å². The number of carbonyl (C=O) groups excluding carboxylic acids is 1. The third-order valence-corrected chi connectivity index (χ3v) is 2.99. The number of ether oxygens (including phenoxy) is 1. The van der Waals surface area contributed by atoms with Crippen molar-refractivity contribution in [2.45, 2.75) is 19.1 Å². The molecule has 0 aromatic heterocycles. The van der Waals surface area contributed by atoms with Crippen molar-refractivity contribution in [1.82, 2.24) is 5.32 Å². The van der Waals surface area contributed by atoms with Crippen LogP contribution in [-0.2, 0) is 9.53 Å². The Morgan fingerprint density at radius 3 is 2.82 bits per heavy atom. The Balaban J connectivity index is 2.66. The van der Waals surface area contributed by atoms with E-state index in [1.165, 1.54) is 7.11 Å². The van der Waals surface area contributed by atoms with Crippen molar-refractivity contribution >= 4 is 21.8 Å². The fraction of sp³-hybridized carbons (Fsp3) is 0.417. The summed E-state index contributed by atoms with van der Waals surface area (Å²) in [6, 6.07) is 7.72. The first-order valence-electron chi connectivity index (χ1n) is 5.37. The third-order valence-electron chi connectivity index (χ3n) is 2.50. The van der Waals surface area contributed by atoms with Crippen molar-refractivity contribution in [3.8, 4) is 0 Å². The SMILES string of the molecule is COC(CN)C(=O)N[C@H](C)c1cccc(Br)c1. The van der Waals surface area contributed by atoms with Gasteiger partial charge in [-0.15, -0.1) is 0 Å². The Morgan fingerprint density at radius 2 is 2.29 bits per heavy atom. The smallest absolute Gasteiger partial charge is 0.250 e. The number of benzene rings is 1. The standard InChI is InChI=1S/C12H17BrN2O2/c1-8(9-4-3-5-10(13)6-9)15-12(16)11(7-14)17-2/h3-6,8,11H,7,14H2,1-2H3,(H,15,16)/t8-,11?/m1/s1. The topological polar surface area (TPSA) is 64.3 Å². The lowest BCUT2D eigenvalue weighted by Crippen LogP contribution is -2.41. The van der Waals surface area contributed by atoms with Crippen molar-refractivity contribution < 1.29 is 9.53 Å². The van der Waals surface area contributed by atoms with Gasteiger partial charge >= 0.3 is 0 Å². The van der Waals surface area contributed by atoms with Gasteiger partial charge in [0.15, 0.2) is 0 Å². The maximum absolute atomic E-state index is 11.7. The second-order valence-corrected chi connectivity index (χ2v) is 4.66. The van der Waals surface area contributed by atoms with Crippen LogP contribution in [0.4, 0.5) is 0 Å². The molecule has 17 heavy (non-hydrogen) atoms. The number of rotatable bonds is 5. The van der Waals surface area contributed by atoms with E-state index < -0.39 is 6.10 Å². The molecular weight excluding hydrogens is 284 g/mol. The molecule has 0 saturated heterocycles. The molecule has 1 rings (SSSR count). The molecule has 1 amide bonds. The molecule has 0 fully saturated rings. The van der Waals surface area contributed by atoms with Gasteiger partial charge in [0.1, 0.15) is 6.10 Å². The lowest BCUT2D eigenvalue weighted by Gasteiger charge is -2.18. The van der Waals surface area contributed by atoms with Gasteiger partial charge < -0.3 is 15.8 Å². The summed E-state index contributed by atoms with van der Waals surface area (Å²) >= 11 is 3.40. The summed E-state index contributed by atoms with van der Waals surface area (Å²) in [4.78, 5) is 11.7. The summed E-state index contributed by atoms with van der Waals surface area (Å²) in [6.07, 6.45) is -0.593. The van der Waals surface area contributed by atoms with Crippen LogP contribution >= 0.6 is 15.9 Å². The molecule has 2 atom stereocenters. The van der Waals surface area contributed by atoms with Crippen LogP contribution in [0.3, 0.4) is 0 Å². The minimum absolute atomic E-state index is 0.0794. The molecule has 1 aromatic carbocycles. The van der Waals surface area contributed by atoms with Crippen molar-refractivity contribution in [3.05, 3.63) is 34.3 Å². The van der Waals surface area contributed by atoms with Gasteiger partial charge in [0, 0.05) is 18.1 Å². The van der Waals surface area contributed by atoms with Crippen molar-refractivity contribution in [3.63, 3.8) is 0 Å². The van der Waals surface area contributed by atoms with E-state index in [9.17, 15) is 4.79 Å². The lowest BCUT2D eigenvalue weighted by molar-refractivity contribution is -0.131. The van der Waals surface area contributed by atoms with Gasteiger partial charge in [-0.25, -0.2) is 0 Å². The van der Waals surface area contributed by atoms with Crippen molar-refractivity contribution in [2.24, 2.45) is 5.73 Å². The predicted octanol–water partition coefficient (Wildman–Crippen LogP) is 1.60. The number of methoxy groups -OCH3 is 1. The van der Waals surface area contributed by atoms with E-state index in [1.807, 2.05) is 31.2 Å². The van der Waals surface area contributed by atoms with Gasteiger partial charge in [0.2, 0.25) is 0 Å². The Bertz CT molecular complexity index is 381. The Kier molecular flexibility index (Phi) is 5.61. The van der Waals surface area contributed by atoms with Crippen LogP contribution in [0.2, 0.25) is 0 Å². The first-order chi connectivity index (χ1) is 8.08. The highest BCUT2D eigenvalue weighted by Gasteiger charge is 2.18. The lowest BCUT2D eigenvalue weighted by atomic mass is 10.1. The van der Waals surface area contributed by atoms with E-state index >= 15 is 0 Å². The highest BCUT2D eigenvalue weighted by Crippen LogP contribution is 2.17. The first-order valence-corrected chi connectivity index (χ1v) is 6.16. The zero-order valence-electron chi connectivity index (χ0n) is 9.94. The highest BCUT2D eigenvalue weighted by atomic mass is 79.9. The zero-order valence-corrected chi connectivity index (χ0v) is 11.5. The number of halogens is 1. The molecule has 0 heterocycles. The molecular formula is C12H17BrN2O2. The Labute approximate surface area is 110 Å². The number of amides is 1. The number of carbonyl (C=O) groups is 1. The maximum atomic E-state index is 11.7. The predicted molar refractivity (Wildman–Crippen MR) is 70.6 cm³/mol. The van der Waals surface area contributed by atoms with Gasteiger partial charge in [-0.05, 0) is 24.6 Å². The number of nitrogens with two attached hydrogens (primary N) is 1. The van der Waals surface area contributed by atoms with Crippen LogP contribution in [0.1, 0.15) is 18.5 Å². The first kappa shape index (κ1) is 14.2.